The summed E-state index contributed by atoms with van der Waals surface area (Å²) in [6.45, 7) is 5.45. The predicted octanol–water partition coefficient (Wildman–Crippen LogP) is 2.23. The number of nitrogens with one attached hydrogen (secondary N) is 2. The summed E-state index contributed by atoms with van der Waals surface area (Å²) < 4.78 is 33.0. The van der Waals surface area contributed by atoms with Crippen LogP contribution in [0.3, 0.4) is 0 Å². The summed E-state index contributed by atoms with van der Waals surface area (Å²) in [5.74, 6) is 0.888. The van der Waals surface area contributed by atoms with Gasteiger partial charge < -0.3 is 10.1 Å². The first-order chi connectivity index (χ1) is 9.86. The molecule has 0 fully saturated rings. The van der Waals surface area contributed by atoms with Crippen molar-refractivity contribution in [2.45, 2.75) is 25.2 Å². The van der Waals surface area contributed by atoms with Crippen LogP contribution in [0.2, 0.25) is 0 Å². The molecular formula is C13H22BrN3O3S. The Morgan fingerprint density at radius 2 is 2.10 bits per heavy atom. The Bertz CT molecular complexity index is 550. The van der Waals surface area contributed by atoms with Crippen molar-refractivity contribution in [2.24, 2.45) is 5.92 Å². The smallest absolute Gasteiger partial charge is 0.244 e. The van der Waals surface area contributed by atoms with Crippen LogP contribution in [-0.2, 0) is 14.8 Å². The van der Waals surface area contributed by atoms with Crippen molar-refractivity contribution >= 4 is 31.8 Å². The number of halogens is 1. The Hall–Kier alpha value is -0.700. The van der Waals surface area contributed by atoms with Crippen molar-refractivity contribution < 1.29 is 13.2 Å². The van der Waals surface area contributed by atoms with Crippen LogP contribution in [0.15, 0.2) is 21.6 Å². The van der Waals surface area contributed by atoms with Crippen molar-refractivity contribution in [2.75, 3.05) is 32.1 Å². The van der Waals surface area contributed by atoms with Gasteiger partial charge in [0.15, 0.2) is 0 Å². The molecule has 0 bridgehead atoms. The number of nitrogens with zero attached hydrogens (tertiary/aromatic N) is 1. The van der Waals surface area contributed by atoms with Gasteiger partial charge in [0.1, 0.15) is 10.7 Å². The molecular weight excluding hydrogens is 358 g/mol. The van der Waals surface area contributed by atoms with Crippen molar-refractivity contribution in [1.82, 2.24) is 9.71 Å². The highest BCUT2D eigenvalue weighted by molar-refractivity contribution is 9.10. The molecule has 0 saturated carbocycles. The van der Waals surface area contributed by atoms with Crippen molar-refractivity contribution in [1.29, 1.82) is 0 Å². The van der Waals surface area contributed by atoms with Gasteiger partial charge in [0.25, 0.3) is 0 Å². The predicted molar refractivity (Wildman–Crippen MR) is 86.9 cm³/mol. The summed E-state index contributed by atoms with van der Waals surface area (Å²) in [5, 5.41) is 2.77. The summed E-state index contributed by atoms with van der Waals surface area (Å²) in [6, 6.07) is 1.51. The Morgan fingerprint density at radius 1 is 1.38 bits per heavy atom. The normalized spacial score (nSPS) is 11.9. The molecule has 0 spiro atoms. The van der Waals surface area contributed by atoms with Gasteiger partial charge >= 0.3 is 0 Å². The van der Waals surface area contributed by atoms with Crippen molar-refractivity contribution in [3.63, 3.8) is 0 Å². The fourth-order valence-corrected chi connectivity index (χ4v) is 3.24. The molecule has 0 radical (unpaired) electrons. The molecule has 0 atom stereocenters. The molecule has 1 aromatic rings. The standard InChI is InChI=1S/C13H22BrN3O3S/c1-10(2)4-6-20-7-5-17-21(18,19)12-8-11(14)9-16-13(12)15-3/h8-10,17H,4-7H2,1-3H3,(H,15,16). The first-order valence-corrected chi connectivity index (χ1v) is 9.05. The molecule has 0 aromatic carbocycles. The highest BCUT2D eigenvalue weighted by Crippen LogP contribution is 2.22. The van der Waals surface area contributed by atoms with Crippen LogP contribution < -0.4 is 10.0 Å². The number of ether oxygens (including phenoxy) is 1. The fraction of sp³-hybridized carbons (Fsp3) is 0.615. The van der Waals surface area contributed by atoms with E-state index in [1.54, 1.807) is 13.2 Å². The summed E-state index contributed by atoms with van der Waals surface area (Å²) in [5.41, 5.74) is 0. The van der Waals surface area contributed by atoms with Crippen LogP contribution in [0.1, 0.15) is 20.3 Å². The number of anilines is 1. The van der Waals surface area contributed by atoms with E-state index in [1.807, 2.05) is 0 Å². The lowest BCUT2D eigenvalue weighted by atomic mass is 10.1. The highest BCUT2D eigenvalue weighted by Gasteiger charge is 2.19. The number of hydrogen-bond acceptors (Lipinski definition) is 5. The second-order valence-corrected chi connectivity index (χ2v) is 7.59. The molecule has 1 aromatic heterocycles. The number of pyridine rings is 1. The van der Waals surface area contributed by atoms with Crippen molar-refractivity contribution in [3.8, 4) is 0 Å². The average Bonchev–Trinajstić information content (AvgIpc) is 2.42. The van der Waals surface area contributed by atoms with Gasteiger partial charge in [-0.1, -0.05) is 13.8 Å². The second kappa shape index (κ2) is 8.67. The monoisotopic (exact) mass is 379 g/mol. The topological polar surface area (TPSA) is 80.3 Å². The van der Waals surface area contributed by atoms with E-state index in [1.165, 1.54) is 6.07 Å². The lowest BCUT2D eigenvalue weighted by Gasteiger charge is -2.11. The maximum absolute atomic E-state index is 12.2. The average molecular weight is 380 g/mol. The largest absolute Gasteiger partial charge is 0.380 e. The maximum atomic E-state index is 12.2. The van der Waals surface area contributed by atoms with Crippen LogP contribution in [0, 0.1) is 5.92 Å². The zero-order valence-electron chi connectivity index (χ0n) is 12.5. The maximum Gasteiger partial charge on any atom is 0.244 e. The molecule has 0 aliphatic heterocycles. The number of sulfonamides is 1. The zero-order chi connectivity index (χ0) is 15.9. The minimum atomic E-state index is -3.61. The highest BCUT2D eigenvalue weighted by atomic mass is 79.9. The molecule has 1 heterocycles. The van der Waals surface area contributed by atoms with Gasteiger partial charge in [0, 0.05) is 30.9 Å². The van der Waals surface area contributed by atoms with Gasteiger partial charge in [-0.25, -0.2) is 18.1 Å². The van der Waals surface area contributed by atoms with E-state index in [9.17, 15) is 8.42 Å². The second-order valence-electron chi connectivity index (χ2n) is 4.94. The van der Waals surface area contributed by atoms with E-state index in [-0.39, 0.29) is 11.4 Å². The first kappa shape index (κ1) is 18.3. The van der Waals surface area contributed by atoms with Crippen molar-refractivity contribution in [3.05, 3.63) is 16.7 Å². The molecule has 120 valence electrons. The van der Waals surface area contributed by atoms with Gasteiger partial charge in [-0.05, 0) is 34.3 Å². The molecule has 6 nitrogen and oxygen atoms in total. The third-order valence-electron chi connectivity index (χ3n) is 2.72. The molecule has 1 rings (SSSR count). The quantitative estimate of drug-likeness (QED) is 0.643. The summed E-state index contributed by atoms with van der Waals surface area (Å²) >= 11 is 3.23. The van der Waals surface area contributed by atoms with E-state index >= 15 is 0 Å². The summed E-state index contributed by atoms with van der Waals surface area (Å²) in [4.78, 5) is 4.14. The van der Waals surface area contributed by atoms with Crippen LogP contribution >= 0.6 is 15.9 Å². The van der Waals surface area contributed by atoms with Crippen LogP contribution in [-0.4, -0.2) is 40.2 Å². The summed E-state index contributed by atoms with van der Waals surface area (Å²) in [7, 11) is -1.98. The van der Waals surface area contributed by atoms with Gasteiger partial charge in [0.05, 0.1) is 6.61 Å². The zero-order valence-corrected chi connectivity index (χ0v) is 14.9. The molecule has 2 N–H and O–H groups in total. The van der Waals surface area contributed by atoms with E-state index < -0.39 is 10.0 Å². The van der Waals surface area contributed by atoms with Gasteiger partial charge in [0.2, 0.25) is 10.0 Å². The molecule has 0 aliphatic carbocycles. The minimum absolute atomic E-state index is 0.113. The summed E-state index contributed by atoms with van der Waals surface area (Å²) in [6.07, 6.45) is 2.51. The molecule has 0 unspecified atom stereocenters. The molecule has 0 amide bonds. The fourth-order valence-electron chi connectivity index (χ4n) is 1.56. The molecule has 0 aliphatic rings. The van der Waals surface area contributed by atoms with Crippen LogP contribution in [0.4, 0.5) is 5.82 Å². The van der Waals surface area contributed by atoms with E-state index in [2.05, 4.69) is 44.8 Å². The number of rotatable bonds is 9. The molecule has 21 heavy (non-hydrogen) atoms. The number of hydrogen-bond donors (Lipinski definition) is 2. The third kappa shape index (κ3) is 6.29. The van der Waals surface area contributed by atoms with E-state index in [0.29, 0.717) is 29.4 Å². The Kier molecular flexibility index (Phi) is 7.58. The first-order valence-electron chi connectivity index (χ1n) is 6.77. The SMILES string of the molecule is CNc1ncc(Br)cc1S(=O)(=O)NCCOCCC(C)C. The number of aromatic nitrogens is 1. The van der Waals surface area contributed by atoms with Gasteiger partial charge in [-0.2, -0.15) is 0 Å². The van der Waals surface area contributed by atoms with E-state index in [0.717, 1.165) is 6.42 Å². The minimum Gasteiger partial charge on any atom is -0.380 e. The Labute approximate surface area is 134 Å². The van der Waals surface area contributed by atoms with E-state index in [4.69, 9.17) is 4.74 Å². The third-order valence-corrected chi connectivity index (χ3v) is 4.63. The van der Waals surface area contributed by atoms with Gasteiger partial charge in [-0.3, -0.25) is 0 Å². The Balaban J connectivity index is 2.56. The van der Waals surface area contributed by atoms with Crippen LogP contribution in [0.25, 0.3) is 0 Å². The Morgan fingerprint density at radius 3 is 2.71 bits per heavy atom. The molecule has 0 saturated heterocycles. The van der Waals surface area contributed by atoms with Crippen LogP contribution in [0.5, 0.6) is 0 Å². The lowest BCUT2D eigenvalue weighted by molar-refractivity contribution is 0.128. The molecule has 8 heteroatoms. The lowest BCUT2D eigenvalue weighted by Crippen LogP contribution is -2.28. The van der Waals surface area contributed by atoms with Gasteiger partial charge in [-0.15, -0.1) is 0 Å².